The summed E-state index contributed by atoms with van der Waals surface area (Å²) in [6.07, 6.45) is 1.63. The first-order valence-corrected chi connectivity index (χ1v) is 10.6. The molecule has 0 aliphatic carbocycles. The second kappa shape index (κ2) is 8.55. The normalized spacial score (nSPS) is 18.0. The molecule has 1 aliphatic rings. The summed E-state index contributed by atoms with van der Waals surface area (Å²) in [5.41, 5.74) is -0.144. The second-order valence-electron chi connectivity index (χ2n) is 6.54. The van der Waals surface area contributed by atoms with Crippen LogP contribution in [0.15, 0.2) is 47.4 Å². The van der Waals surface area contributed by atoms with E-state index in [4.69, 9.17) is 11.6 Å². The molecule has 1 atom stereocenters. The maximum atomic E-state index is 14.2. The Morgan fingerprint density at radius 2 is 1.82 bits per heavy atom. The fourth-order valence-corrected chi connectivity index (χ4v) is 4.86. The molecule has 1 unspecified atom stereocenters. The molecule has 1 N–H and O–H groups in total. The number of carbonyl (C=O) groups excluding carboxylic acids is 1. The number of sulfonamides is 1. The van der Waals surface area contributed by atoms with Crippen LogP contribution in [-0.4, -0.2) is 31.2 Å². The van der Waals surface area contributed by atoms with Gasteiger partial charge in [-0.1, -0.05) is 11.6 Å². The van der Waals surface area contributed by atoms with E-state index in [0.717, 1.165) is 22.5 Å². The Bertz CT molecular complexity index is 968. The van der Waals surface area contributed by atoms with Crippen molar-refractivity contribution in [3.05, 3.63) is 64.7 Å². The third-order valence-electron chi connectivity index (χ3n) is 4.61. The largest absolute Gasteiger partial charge is 0.355 e. The average Bonchev–Trinajstić information content (AvgIpc) is 2.87. The zero-order valence-corrected chi connectivity index (χ0v) is 16.4. The first kappa shape index (κ1) is 20.7. The molecule has 0 radical (unpaired) electrons. The summed E-state index contributed by atoms with van der Waals surface area (Å²) < 4.78 is 55.3. The SMILES string of the molecule is O=C1NCCCCC1N(Cc1cc(F)ccc1F)S(=O)(=O)c1ccc(Cl)cc1. The minimum absolute atomic E-state index is 0.0780. The molecule has 1 aliphatic heterocycles. The van der Waals surface area contributed by atoms with E-state index < -0.39 is 40.2 Å². The van der Waals surface area contributed by atoms with Gasteiger partial charge in [0, 0.05) is 23.7 Å². The van der Waals surface area contributed by atoms with Gasteiger partial charge in [-0.05, 0) is 61.7 Å². The van der Waals surface area contributed by atoms with E-state index in [2.05, 4.69) is 5.32 Å². The average molecular weight is 429 g/mol. The third-order valence-corrected chi connectivity index (χ3v) is 6.73. The van der Waals surface area contributed by atoms with Crippen molar-refractivity contribution in [3.8, 4) is 0 Å². The number of amides is 1. The molecule has 0 bridgehead atoms. The molecule has 3 rings (SSSR count). The summed E-state index contributed by atoms with van der Waals surface area (Å²) in [7, 11) is -4.17. The fourth-order valence-electron chi connectivity index (χ4n) is 3.13. The molecule has 2 aromatic rings. The molecule has 5 nitrogen and oxygen atoms in total. The van der Waals surface area contributed by atoms with Gasteiger partial charge < -0.3 is 5.32 Å². The smallest absolute Gasteiger partial charge is 0.244 e. The molecule has 2 aromatic carbocycles. The summed E-state index contributed by atoms with van der Waals surface area (Å²) in [6.45, 7) is -0.0227. The van der Waals surface area contributed by atoms with Crippen LogP contribution in [0, 0.1) is 11.6 Å². The number of nitrogens with one attached hydrogen (secondary N) is 1. The Kier molecular flexibility index (Phi) is 6.32. The molecule has 1 fully saturated rings. The summed E-state index contributed by atoms with van der Waals surface area (Å²) in [5.74, 6) is -1.89. The lowest BCUT2D eigenvalue weighted by molar-refractivity contribution is -0.124. The highest BCUT2D eigenvalue weighted by molar-refractivity contribution is 7.89. The van der Waals surface area contributed by atoms with Crippen LogP contribution in [0.1, 0.15) is 24.8 Å². The van der Waals surface area contributed by atoms with E-state index in [1.807, 2.05) is 0 Å². The lowest BCUT2D eigenvalue weighted by atomic mass is 10.1. The van der Waals surface area contributed by atoms with Crippen molar-refractivity contribution in [1.29, 1.82) is 0 Å². The van der Waals surface area contributed by atoms with Crippen LogP contribution in [0.3, 0.4) is 0 Å². The van der Waals surface area contributed by atoms with Gasteiger partial charge in [0.1, 0.15) is 17.7 Å². The number of hydrogen-bond acceptors (Lipinski definition) is 3. The molecular formula is C19H19ClF2N2O3S. The van der Waals surface area contributed by atoms with Gasteiger partial charge in [-0.25, -0.2) is 17.2 Å². The molecule has 1 heterocycles. The summed E-state index contributed by atoms with van der Waals surface area (Å²) in [6, 6.07) is 7.29. The van der Waals surface area contributed by atoms with Crippen LogP contribution in [0.5, 0.6) is 0 Å². The molecular weight excluding hydrogens is 410 g/mol. The number of benzene rings is 2. The van der Waals surface area contributed by atoms with Crippen LogP contribution >= 0.6 is 11.6 Å². The Morgan fingerprint density at radius 3 is 2.54 bits per heavy atom. The van der Waals surface area contributed by atoms with Crippen molar-refractivity contribution >= 4 is 27.5 Å². The molecule has 1 amide bonds. The zero-order valence-electron chi connectivity index (χ0n) is 14.9. The number of rotatable bonds is 5. The number of halogens is 3. The lowest BCUT2D eigenvalue weighted by Crippen LogP contribution is -2.48. The summed E-state index contributed by atoms with van der Waals surface area (Å²) >= 11 is 5.84. The van der Waals surface area contributed by atoms with Gasteiger partial charge in [0.15, 0.2) is 0 Å². The molecule has 28 heavy (non-hydrogen) atoms. The van der Waals surface area contributed by atoms with E-state index in [9.17, 15) is 22.0 Å². The Balaban J connectivity index is 2.06. The monoisotopic (exact) mass is 428 g/mol. The highest BCUT2D eigenvalue weighted by Crippen LogP contribution is 2.26. The Morgan fingerprint density at radius 1 is 1.11 bits per heavy atom. The van der Waals surface area contributed by atoms with Gasteiger partial charge in [0.05, 0.1) is 4.90 Å². The maximum absolute atomic E-state index is 14.2. The van der Waals surface area contributed by atoms with E-state index in [1.54, 1.807) is 0 Å². The van der Waals surface area contributed by atoms with Crippen LogP contribution in [0.25, 0.3) is 0 Å². The van der Waals surface area contributed by atoms with Crippen LogP contribution < -0.4 is 5.32 Å². The molecule has 150 valence electrons. The van der Waals surface area contributed by atoms with Gasteiger partial charge >= 0.3 is 0 Å². The predicted octanol–water partition coefficient (Wildman–Crippen LogP) is 3.48. The molecule has 1 saturated heterocycles. The minimum atomic E-state index is -4.17. The van der Waals surface area contributed by atoms with Gasteiger partial charge in [-0.2, -0.15) is 4.31 Å². The van der Waals surface area contributed by atoms with E-state index in [0.29, 0.717) is 24.4 Å². The number of nitrogens with zero attached hydrogens (tertiary/aromatic N) is 1. The van der Waals surface area contributed by atoms with Crippen LogP contribution in [-0.2, 0) is 21.4 Å². The molecule has 9 heteroatoms. The predicted molar refractivity (Wildman–Crippen MR) is 101 cm³/mol. The third kappa shape index (κ3) is 4.51. The maximum Gasteiger partial charge on any atom is 0.244 e. The Labute approximate surface area is 167 Å². The number of hydrogen-bond donors (Lipinski definition) is 1. The van der Waals surface area contributed by atoms with Crippen LogP contribution in [0.2, 0.25) is 5.02 Å². The van der Waals surface area contributed by atoms with E-state index in [-0.39, 0.29) is 16.9 Å². The zero-order chi connectivity index (χ0) is 20.3. The highest BCUT2D eigenvalue weighted by atomic mass is 35.5. The van der Waals surface area contributed by atoms with Crippen molar-refractivity contribution in [2.75, 3.05) is 6.54 Å². The number of carbonyl (C=O) groups is 1. The van der Waals surface area contributed by atoms with Crippen LogP contribution in [0.4, 0.5) is 8.78 Å². The first-order valence-electron chi connectivity index (χ1n) is 8.78. The fraction of sp³-hybridized carbons (Fsp3) is 0.316. The summed E-state index contributed by atoms with van der Waals surface area (Å²) in [5, 5.41) is 3.04. The van der Waals surface area contributed by atoms with E-state index in [1.165, 1.54) is 24.3 Å². The van der Waals surface area contributed by atoms with Gasteiger partial charge in [0.2, 0.25) is 15.9 Å². The standard InChI is InChI=1S/C19H19ClF2N2O3S/c20-14-4-7-16(8-5-14)28(26,27)24(18-3-1-2-10-23-19(18)25)12-13-11-15(21)6-9-17(13)22/h4-9,11,18H,1-3,10,12H2,(H,23,25). The Hall–Kier alpha value is -2.03. The second-order valence-corrected chi connectivity index (χ2v) is 8.87. The highest BCUT2D eigenvalue weighted by Gasteiger charge is 2.37. The van der Waals surface area contributed by atoms with Crippen molar-refractivity contribution in [2.45, 2.75) is 36.7 Å². The van der Waals surface area contributed by atoms with E-state index >= 15 is 0 Å². The molecule has 0 aromatic heterocycles. The van der Waals surface area contributed by atoms with Crippen molar-refractivity contribution < 1.29 is 22.0 Å². The van der Waals surface area contributed by atoms with Crippen molar-refractivity contribution in [1.82, 2.24) is 9.62 Å². The summed E-state index contributed by atoms with van der Waals surface area (Å²) in [4.78, 5) is 12.4. The topological polar surface area (TPSA) is 66.5 Å². The van der Waals surface area contributed by atoms with Crippen molar-refractivity contribution in [3.63, 3.8) is 0 Å². The van der Waals surface area contributed by atoms with Crippen molar-refractivity contribution in [2.24, 2.45) is 0 Å². The van der Waals surface area contributed by atoms with Gasteiger partial charge in [-0.3, -0.25) is 4.79 Å². The molecule has 0 saturated carbocycles. The molecule has 0 spiro atoms. The first-order chi connectivity index (χ1) is 13.3. The quantitative estimate of drug-likeness (QED) is 0.792. The van der Waals surface area contributed by atoms with Gasteiger partial charge in [-0.15, -0.1) is 0 Å². The minimum Gasteiger partial charge on any atom is -0.355 e. The lowest BCUT2D eigenvalue weighted by Gasteiger charge is -2.29. The van der Waals surface area contributed by atoms with Gasteiger partial charge in [0.25, 0.3) is 0 Å².